The third kappa shape index (κ3) is 8.36. The molecule has 9 heteroatoms. The van der Waals surface area contributed by atoms with E-state index in [2.05, 4.69) is 28.9 Å². The first-order chi connectivity index (χ1) is 18.2. The molecule has 0 spiro atoms. The van der Waals surface area contributed by atoms with E-state index in [-0.39, 0.29) is 42.2 Å². The van der Waals surface area contributed by atoms with Gasteiger partial charge in [-0.3, -0.25) is 9.59 Å². The lowest BCUT2D eigenvalue weighted by atomic mass is 9.99. The number of hydrogen-bond acceptors (Lipinski definition) is 5. The number of aryl methyl sites for hydroxylation is 1. The van der Waals surface area contributed by atoms with Gasteiger partial charge in [0.1, 0.15) is 17.4 Å². The van der Waals surface area contributed by atoms with Crippen LogP contribution < -0.4 is 16.0 Å². The van der Waals surface area contributed by atoms with E-state index in [1.54, 1.807) is 6.92 Å². The maximum atomic E-state index is 13.8. The Bertz CT molecular complexity index is 1250. The highest BCUT2D eigenvalue weighted by molar-refractivity contribution is 5.99. The van der Waals surface area contributed by atoms with Crippen molar-refractivity contribution in [2.45, 2.75) is 51.8 Å². The van der Waals surface area contributed by atoms with Gasteiger partial charge in [-0.25, -0.2) is 8.78 Å². The summed E-state index contributed by atoms with van der Waals surface area (Å²) in [5.41, 5.74) is 2.65. The lowest BCUT2D eigenvalue weighted by Crippen LogP contribution is -2.48. The number of benzene rings is 3. The Morgan fingerprint density at radius 3 is 2.32 bits per heavy atom. The van der Waals surface area contributed by atoms with Gasteiger partial charge < -0.3 is 26.2 Å². The highest BCUT2D eigenvalue weighted by atomic mass is 19.1. The van der Waals surface area contributed by atoms with Crippen molar-refractivity contribution >= 4 is 17.5 Å². The van der Waals surface area contributed by atoms with Gasteiger partial charge in [-0.05, 0) is 59.9 Å². The molecular formula is C29H33F2N3O4. The van der Waals surface area contributed by atoms with Crippen molar-refractivity contribution in [3.05, 3.63) is 94.6 Å². The summed E-state index contributed by atoms with van der Waals surface area (Å²) in [6.07, 6.45) is -0.0758. The summed E-state index contributed by atoms with van der Waals surface area (Å²) < 4.78 is 27.6. The van der Waals surface area contributed by atoms with Crippen LogP contribution in [0, 0.1) is 11.6 Å². The lowest BCUT2D eigenvalue weighted by Gasteiger charge is -2.25. The molecule has 0 aliphatic heterocycles. The summed E-state index contributed by atoms with van der Waals surface area (Å²) in [7, 11) is 0. The molecule has 0 saturated heterocycles. The topological polar surface area (TPSA) is 111 Å². The third-order valence-corrected chi connectivity index (χ3v) is 6.09. The van der Waals surface area contributed by atoms with Crippen LogP contribution in [0.2, 0.25) is 0 Å². The van der Waals surface area contributed by atoms with E-state index in [0.29, 0.717) is 12.2 Å². The Kier molecular flexibility index (Phi) is 10.3. The standard InChI is InChI=1S/C29H33F2N3O4/c1-3-18-6-5-7-19(10-18)16-32-17-27(36)25(13-20-11-21(30)14-22(31)12-20)34-29(38)24-15-23(8-9-26(24)35)33-28(37)4-2/h5-12,14-15,25,27,32,35-36H,3-4,13,16-17H2,1-2H3,(H,33,37)(H,34,38). The first kappa shape index (κ1) is 28.7. The number of rotatable bonds is 12. The van der Waals surface area contributed by atoms with Crippen molar-refractivity contribution in [1.29, 1.82) is 0 Å². The van der Waals surface area contributed by atoms with Gasteiger partial charge in [-0.15, -0.1) is 0 Å². The number of carbonyl (C=O) groups excluding carboxylic acids is 2. The maximum Gasteiger partial charge on any atom is 0.255 e. The molecule has 0 heterocycles. The quantitative estimate of drug-likeness (QED) is 0.229. The van der Waals surface area contributed by atoms with Crippen LogP contribution in [0.15, 0.2) is 60.7 Å². The molecule has 2 unspecified atom stereocenters. The average molecular weight is 526 g/mol. The number of hydrogen-bond donors (Lipinski definition) is 5. The largest absolute Gasteiger partial charge is 0.507 e. The molecule has 5 N–H and O–H groups in total. The second kappa shape index (κ2) is 13.6. The van der Waals surface area contributed by atoms with Crippen molar-refractivity contribution in [2.24, 2.45) is 0 Å². The van der Waals surface area contributed by atoms with Gasteiger partial charge >= 0.3 is 0 Å². The molecule has 3 aromatic carbocycles. The van der Waals surface area contributed by atoms with Gasteiger partial charge in [0.25, 0.3) is 5.91 Å². The van der Waals surface area contributed by atoms with Crippen LogP contribution in [-0.2, 0) is 24.2 Å². The highest BCUT2D eigenvalue weighted by Gasteiger charge is 2.24. The molecule has 2 amide bonds. The van der Waals surface area contributed by atoms with Gasteiger partial charge in [0.2, 0.25) is 5.91 Å². The van der Waals surface area contributed by atoms with Gasteiger partial charge in [0.15, 0.2) is 0 Å². The zero-order chi connectivity index (χ0) is 27.7. The van der Waals surface area contributed by atoms with Crippen LogP contribution in [0.5, 0.6) is 5.75 Å². The Morgan fingerprint density at radius 1 is 0.921 bits per heavy atom. The van der Waals surface area contributed by atoms with Gasteiger partial charge in [-0.1, -0.05) is 38.1 Å². The van der Waals surface area contributed by atoms with Crippen LogP contribution in [-0.4, -0.2) is 40.7 Å². The molecule has 3 rings (SSSR count). The first-order valence-electron chi connectivity index (χ1n) is 12.5. The molecule has 0 bridgehead atoms. The SMILES string of the molecule is CCC(=O)Nc1ccc(O)c(C(=O)NC(Cc2cc(F)cc(F)c2)C(O)CNCc2cccc(CC)c2)c1. The lowest BCUT2D eigenvalue weighted by molar-refractivity contribution is -0.115. The molecule has 0 aliphatic carbocycles. The molecule has 38 heavy (non-hydrogen) atoms. The molecule has 0 aromatic heterocycles. The molecule has 0 aliphatic rings. The minimum Gasteiger partial charge on any atom is -0.507 e. The van der Waals surface area contributed by atoms with Crippen LogP contribution in [0.25, 0.3) is 0 Å². The number of aliphatic hydroxyl groups is 1. The van der Waals surface area contributed by atoms with Crippen LogP contribution in [0.3, 0.4) is 0 Å². The van der Waals surface area contributed by atoms with E-state index in [9.17, 15) is 28.6 Å². The third-order valence-electron chi connectivity index (χ3n) is 6.09. The van der Waals surface area contributed by atoms with E-state index in [0.717, 1.165) is 30.2 Å². The van der Waals surface area contributed by atoms with E-state index in [4.69, 9.17) is 0 Å². The highest BCUT2D eigenvalue weighted by Crippen LogP contribution is 2.22. The number of halogens is 2. The molecule has 0 radical (unpaired) electrons. The number of phenolic OH excluding ortho intramolecular Hbond substituents is 1. The predicted molar refractivity (Wildman–Crippen MR) is 142 cm³/mol. The van der Waals surface area contributed by atoms with E-state index in [1.807, 2.05) is 18.2 Å². The van der Waals surface area contributed by atoms with Crippen molar-refractivity contribution in [3.63, 3.8) is 0 Å². The number of phenols is 1. The Hall–Kier alpha value is -3.82. The molecule has 7 nitrogen and oxygen atoms in total. The van der Waals surface area contributed by atoms with Crippen molar-refractivity contribution in [3.8, 4) is 5.75 Å². The van der Waals surface area contributed by atoms with Crippen molar-refractivity contribution in [2.75, 3.05) is 11.9 Å². The number of anilines is 1. The van der Waals surface area contributed by atoms with Crippen molar-refractivity contribution < 1.29 is 28.6 Å². The normalized spacial score (nSPS) is 12.6. The maximum absolute atomic E-state index is 13.8. The molecule has 3 aromatic rings. The summed E-state index contributed by atoms with van der Waals surface area (Å²) in [5, 5.41) is 29.7. The van der Waals surface area contributed by atoms with Crippen LogP contribution in [0.4, 0.5) is 14.5 Å². The van der Waals surface area contributed by atoms with Gasteiger partial charge in [0.05, 0.1) is 17.7 Å². The predicted octanol–water partition coefficient (Wildman–Crippen LogP) is 4.07. The number of amides is 2. The van der Waals surface area contributed by atoms with Gasteiger partial charge in [-0.2, -0.15) is 0 Å². The van der Waals surface area contributed by atoms with E-state index < -0.39 is 29.7 Å². The summed E-state index contributed by atoms with van der Waals surface area (Å²) in [6.45, 7) is 4.29. The smallest absolute Gasteiger partial charge is 0.255 e. The fourth-order valence-electron chi connectivity index (χ4n) is 4.02. The number of aromatic hydroxyl groups is 1. The van der Waals surface area contributed by atoms with Crippen LogP contribution in [0.1, 0.15) is 47.3 Å². The zero-order valence-corrected chi connectivity index (χ0v) is 21.4. The second-order valence-corrected chi connectivity index (χ2v) is 9.07. The monoisotopic (exact) mass is 525 g/mol. The fraction of sp³-hybridized carbons (Fsp3) is 0.310. The summed E-state index contributed by atoms with van der Waals surface area (Å²) >= 11 is 0. The molecule has 2 atom stereocenters. The molecule has 0 saturated carbocycles. The average Bonchev–Trinajstić information content (AvgIpc) is 2.88. The second-order valence-electron chi connectivity index (χ2n) is 9.07. The summed E-state index contributed by atoms with van der Waals surface area (Å²) in [6, 6.07) is 14.1. The molecule has 0 fully saturated rings. The van der Waals surface area contributed by atoms with E-state index in [1.165, 1.54) is 23.8 Å². The fourth-order valence-corrected chi connectivity index (χ4v) is 4.02. The Labute approximate surface area is 220 Å². The van der Waals surface area contributed by atoms with Crippen LogP contribution >= 0.6 is 0 Å². The summed E-state index contributed by atoms with van der Waals surface area (Å²) in [5.74, 6) is -2.85. The van der Waals surface area contributed by atoms with Crippen molar-refractivity contribution in [1.82, 2.24) is 10.6 Å². The zero-order valence-electron chi connectivity index (χ0n) is 21.4. The number of carbonyl (C=O) groups is 2. The van der Waals surface area contributed by atoms with Gasteiger partial charge in [0, 0.05) is 31.3 Å². The van der Waals surface area contributed by atoms with E-state index >= 15 is 0 Å². The minimum atomic E-state index is -1.13. The first-order valence-corrected chi connectivity index (χ1v) is 12.5. The molecule has 202 valence electrons. The number of aliphatic hydroxyl groups excluding tert-OH is 1. The number of nitrogens with one attached hydrogen (secondary N) is 3. The minimum absolute atomic E-state index is 0.0678. The summed E-state index contributed by atoms with van der Waals surface area (Å²) in [4.78, 5) is 24.9. The Morgan fingerprint density at radius 2 is 1.63 bits per heavy atom. The molecular weight excluding hydrogens is 492 g/mol. The Balaban J connectivity index is 1.77.